The third-order valence-corrected chi connectivity index (χ3v) is 7.83. The molecule has 0 saturated carbocycles. The van der Waals surface area contributed by atoms with Crippen molar-refractivity contribution in [2.45, 2.75) is 58.7 Å². The number of hydrogen-bond donors (Lipinski definition) is 0. The molecule has 2 aromatic rings. The molecular formula is C21H32O2Si2. The summed E-state index contributed by atoms with van der Waals surface area (Å²) in [6.45, 7) is 11.6. The van der Waals surface area contributed by atoms with E-state index in [0.29, 0.717) is 0 Å². The Balaban J connectivity index is 2.23. The van der Waals surface area contributed by atoms with Crippen LogP contribution >= 0.6 is 0 Å². The molecule has 136 valence electrons. The van der Waals surface area contributed by atoms with Gasteiger partial charge < -0.3 is 9.47 Å². The Morgan fingerprint density at radius 3 is 1.60 bits per heavy atom. The van der Waals surface area contributed by atoms with Crippen molar-refractivity contribution in [3.63, 3.8) is 0 Å². The van der Waals surface area contributed by atoms with E-state index in [1.165, 1.54) is 10.4 Å². The van der Waals surface area contributed by atoms with Crippen LogP contribution in [0.3, 0.4) is 0 Å². The standard InChI is InChI=1S/C21H32O2Si2/c1-6-7-16-21(22-17-12-8-10-14-19(17)24(2)3)23-18-13-9-11-15-20(18)25(4)5/h8-15,21,24-25H,6-7,16H2,1-5H3. The molecule has 4 heteroatoms. The van der Waals surface area contributed by atoms with Crippen LogP contribution < -0.4 is 19.8 Å². The van der Waals surface area contributed by atoms with Gasteiger partial charge in [0.1, 0.15) is 11.5 Å². The van der Waals surface area contributed by atoms with Gasteiger partial charge in [-0.15, -0.1) is 0 Å². The number of benzene rings is 2. The molecule has 0 atom stereocenters. The first kappa shape index (κ1) is 19.8. The third-order valence-electron chi connectivity index (χ3n) is 4.39. The molecule has 0 radical (unpaired) electrons. The lowest BCUT2D eigenvalue weighted by Gasteiger charge is -2.24. The second-order valence-corrected chi connectivity index (χ2v) is 13.1. The zero-order valence-electron chi connectivity index (χ0n) is 16.3. The maximum atomic E-state index is 6.38. The number of rotatable bonds is 9. The van der Waals surface area contributed by atoms with Crippen LogP contribution in [-0.4, -0.2) is 23.9 Å². The molecule has 0 amide bonds. The second-order valence-electron chi connectivity index (χ2n) is 7.19. The van der Waals surface area contributed by atoms with Gasteiger partial charge in [-0.1, -0.05) is 75.9 Å². The number of ether oxygens (including phenoxy) is 2. The molecule has 0 fully saturated rings. The van der Waals surface area contributed by atoms with Gasteiger partial charge in [-0.3, -0.25) is 0 Å². The summed E-state index contributed by atoms with van der Waals surface area (Å²) in [5.74, 6) is 2.01. The first-order valence-corrected chi connectivity index (χ1v) is 15.3. The SMILES string of the molecule is CCCCC(Oc1ccccc1[SiH](C)C)Oc1ccccc1[SiH](C)C. The van der Waals surface area contributed by atoms with E-state index in [-0.39, 0.29) is 6.29 Å². The highest BCUT2D eigenvalue weighted by atomic mass is 28.3. The smallest absolute Gasteiger partial charge is 0.241 e. The summed E-state index contributed by atoms with van der Waals surface area (Å²) < 4.78 is 12.8. The third kappa shape index (κ3) is 5.75. The van der Waals surface area contributed by atoms with Crippen molar-refractivity contribution in [1.29, 1.82) is 0 Å². The first-order chi connectivity index (χ1) is 12.0. The molecule has 2 nitrogen and oxygen atoms in total. The predicted octanol–water partition coefficient (Wildman–Crippen LogP) is 4.05. The topological polar surface area (TPSA) is 18.5 Å². The molecule has 0 aliphatic rings. The molecular weight excluding hydrogens is 340 g/mol. The molecule has 0 heterocycles. The summed E-state index contributed by atoms with van der Waals surface area (Å²) in [5, 5.41) is 2.75. The van der Waals surface area contributed by atoms with Crippen LogP contribution in [0.4, 0.5) is 0 Å². The number of unbranched alkanes of at least 4 members (excludes halogenated alkanes) is 1. The van der Waals surface area contributed by atoms with Gasteiger partial charge in [-0.05, 0) is 28.9 Å². The van der Waals surface area contributed by atoms with Crippen molar-refractivity contribution in [3.05, 3.63) is 48.5 Å². The quantitative estimate of drug-likeness (QED) is 0.488. The molecule has 0 aromatic heterocycles. The molecule has 2 aromatic carbocycles. The number of para-hydroxylation sites is 2. The lowest BCUT2D eigenvalue weighted by molar-refractivity contribution is -0.000622. The molecule has 0 aliphatic carbocycles. The van der Waals surface area contributed by atoms with E-state index in [9.17, 15) is 0 Å². The zero-order valence-corrected chi connectivity index (χ0v) is 18.6. The molecule has 2 rings (SSSR count). The molecule has 0 unspecified atom stereocenters. The maximum absolute atomic E-state index is 6.38. The Labute approximate surface area is 156 Å². The highest BCUT2D eigenvalue weighted by Crippen LogP contribution is 2.18. The van der Waals surface area contributed by atoms with Crippen LogP contribution in [0.25, 0.3) is 0 Å². The van der Waals surface area contributed by atoms with Crippen LogP contribution in [-0.2, 0) is 0 Å². The van der Waals surface area contributed by atoms with Gasteiger partial charge >= 0.3 is 0 Å². The van der Waals surface area contributed by atoms with Gasteiger partial charge in [-0.2, -0.15) is 0 Å². The Morgan fingerprint density at radius 1 is 0.760 bits per heavy atom. The molecule has 0 spiro atoms. The van der Waals surface area contributed by atoms with Crippen molar-refractivity contribution in [2.24, 2.45) is 0 Å². The summed E-state index contributed by atoms with van der Waals surface area (Å²) >= 11 is 0. The fourth-order valence-corrected chi connectivity index (χ4v) is 5.38. The van der Waals surface area contributed by atoms with Crippen molar-refractivity contribution < 1.29 is 9.47 Å². The second kappa shape index (κ2) is 9.83. The van der Waals surface area contributed by atoms with Gasteiger partial charge in [0.25, 0.3) is 0 Å². The van der Waals surface area contributed by atoms with E-state index >= 15 is 0 Å². The van der Waals surface area contributed by atoms with E-state index in [2.05, 4.69) is 81.6 Å². The summed E-state index contributed by atoms with van der Waals surface area (Å²) in [4.78, 5) is 0. The van der Waals surface area contributed by atoms with E-state index in [1.807, 2.05) is 0 Å². The van der Waals surface area contributed by atoms with Crippen LogP contribution in [0.5, 0.6) is 11.5 Å². The van der Waals surface area contributed by atoms with Gasteiger partial charge in [0.15, 0.2) is 0 Å². The van der Waals surface area contributed by atoms with Gasteiger partial charge in [0.2, 0.25) is 6.29 Å². The Hall–Kier alpha value is -1.53. The van der Waals surface area contributed by atoms with Gasteiger partial charge in [-0.25, -0.2) is 0 Å². The molecule has 0 aliphatic heterocycles. The van der Waals surface area contributed by atoms with Crippen LogP contribution in [0.15, 0.2) is 48.5 Å². The number of hydrogen-bond acceptors (Lipinski definition) is 2. The van der Waals surface area contributed by atoms with E-state index in [0.717, 1.165) is 30.8 Å². The molecule has 25 heavy (non-hydrogen) atoms. The normalized spacial score (nSPS) is 11.4. The lowest BCUT2D eigenvalue weighted by Crippen LogP contribution is -2.33. The first-order valence-electron chi connectivity index (χ1n) is 9.54. The van der Waals surface area contributed by atoms with E-state index in [4.69, 9.17) is 9.47 Å². The maximum Gasteiger partial charge on any atom is 0.241 e. The van der Waals surface area contributed by atoms with Crippen LogP contribution in [0.1, 0.15) is 26.2 Å². The summed E-state index contributed by atoms with van der Waals surface area (Å²) in [5.41, 5.74) is 0. The average molecular weight is 373 g/mol. The lowest BCUT2D eigenvalue weighted by atomic mass is 10.2. The summed E-state index contributed by atoms with van der Waals surface area (Å²) in [7, 11) is -1.88. The van der Waals surface area contributed by atoms with Crippen molar-refractivity contribution >= 4 is 28.0 Å². The highest BCUT2D eigenvalue weighted by molar-refractivity contribution is 6.72. The fourth-order valence-electron chi connectivity index (χ4n) is 2.93. The molecule has 0 bridgehead atoms. The molecule has 0 saturated heterocycles. The van der Waals surface area contributed by atoms with Gasteiger partial charge in [0.05, 0.1) is 17.6 Å². The van der Waals surface area contributed by atoms with E-state index in [1.54, 1.807) is 0 Å². The van der Waals surface area contributed by atoms with Gasteiger partial charge in [0, 0.05) is 6.42 Å². The Bertz CT molecular complexity index is 602. The average Bonchev–Trinajstić information content (AvgIpc) is 2.60. The van der Waals surface area contributed by atoms with Crippen molar-refractivity contribution in [1.82, 2.24) is 0 Å². The highest BCUT2D eigenvalue weighted by Gasteiger charge is 2.18. The minimum absolute atomic E-state index is 0.220. The summed E-state index contributed by atoms with van der Waals surface area (Å²) in [6.07, 6.45) is 2.94. The van der Waals surface area contributed by atoms with E-state index < -0.39 is 17.6 Å². The largest absolute Gasteiger partial charge is 0.455 e. The zero-order chi connectivity index (χ0) is 18.2. The Kier molecular flexibility index (Phi) is 7.78. The van der Waals surface area contributed by atoms with Crippen LogP contribution in [0.2, 0.25) is 26.2 Å². The minimum Gasteiger partial charge on any atom is -0.455 e. The monoisotopic (exact) mass is 372 g/mol. The van der Waals surface area contributed by atoms with Crippen molar-refractivity contribution in [3.8, 4) is 11.5 Å². The summed E-state index contributed by atoms with van der Waals surface area (Å²) in [6, 6.07) is 16.9. The van der Waals surface area contributed by atoms with Crippen molar-refractivity contribution in [2.75, 3.05) is 0 Å². The predicted molar refractivity (Wildman–Crippen MR) is 114 cm³/mol. The van der Waals surface area contributed by atoms with Crippen LogP contribution in [0, 0.1) is 0 Å². The minimum atomic E-state index is -0.939. The Morgan fingerprint density at radius 2 is 1.20 bits per heavy atom. The molecule has 0 N–H and O–H groups in total. The fraction of sp³-hybridized carbons (Fsp3) is 0.429.